The molecule has 9 heteroatoms. The molecule has 0 aromatic heterocycles. The Morgan fingerprint density at radius 1 is 1.12 bits per heavy atom. The van der Waals surface area contributed by atoms with E-state index in [1.54, 1.807) is 36.4 Å². The number of hydrogen-bond donors (Lipinski definition) is 3. The number of halogens is 2. The zero-order valence-corrected chi connectivity index (χ0v) is 15.4. The lowest BCUT2D eigenvalue weighted by Gasteiger charge is -2.10. The maximum absolute atomic E-state index is 12.1. The Kier molecular flexibility index (Phi) is 7.63. The van der Waals surface area contributed by atoms with Crippen molar-refractivity contribution in [1.29, 1.82) is 0 Å². The number of rotatable bonds is 4. The van der Waals surface area contributed by atoms with Gasteiger partial charge in [-0.2, -0.15) is 0 Å². The number of ether oxygens (including phenoxy) is 1. The van der Waals surface area contributed by atoms with E-state index in [0.29, 0.717) is 27.6 Å². The molecule has 0 spiro atoms. The van der Waals surface area contributed by atoms with Gasteiger partial charge in [0, 0.05) is 16.8 Å². The number of anilines is 1. The van der Waals surface area contributed by atoms with Gasteiger partial charge in [0.2, 0.25) is 5.91 Å². The van der Waals surface area contributed by atoms with Gasteiger partial charge in [-0.1, -0.05) is 11.6 Å². The first kappa shape index (κ1) is 20.7. The summed E-state index contributed by atoms with van der Waals surface area (Å²) in [5.74, 6) is -0.455. The lowest BCUT2D eigenvalue weighted by molar-refractivity contribution is 0.0975. The number of methoxy groups -OCH3 is 1. The van der Waals surface area contributed by atoms with Crippen LogP contribution in [0.1, 0.15) is 20.7 Å². The highest BCUT2D eigenvalue weighted by atomic mass is 35.5. The second-order valence-electron chi connectivity index (χ2n) is 4.70. The van der Waals surface area contributed by atoms with Gasteiger partial charge in [0.25, 0.3) is 5.91 Å². The minimum Gasteiger partial charge on any atom is -0.495 e. The maximum atomic E-state index is 12.1. The fourth-order valence-corrected chi connectivity index (χ4v) is 2.33. The van der Waals surface area contributed by atoms with Crippen LogP contribution in [0.25, 0.3) is 0 Å². The zero-order valence-electron chi connectivity index (χ0n) is 13.0. The van der Waals surface area contributed by atoms with Gasteiger partial charge in [0.1, 0.15) is 5.75 Å². The SMILES string of the molecule is COc1ccc(C(=O)NC(=S)Nc2ccc(C(N)=O)cc2)cc1Cl.Cl. The molecular formula is C16H15Cl2N3O3S. The lowest BCUT2D eigenvalue weighted by Crippen LogP contribution is -2.34. The third-order valence-corrected chi connectivity index (χ3v) is 3.57. The third kappa shape index (κ3) is 5.60. The zero-order chi connectivity index (χ0) is 17.7. The number of hydrogen-bond acceptors (Lipinski definition) is 4. The second-order valence-corrected chi connectivity index (χ2v) is 5.51. The van der Waals surface area contributed by atoms with E-state index in [1.807, 2.05) is 0 Å². The molecule has 2 amide bonds. The molecule has 0 saturated heterocycles. The second kappa shape index (κ2) is 9.22. The van der Waals surface area contributed by atoms with Crippen LogP contribution in [0.5, 0.6) is 5.75 Å². The first-order chi connectivity index (χ1) is 11.4. The summed E-state index contributed by atoms with van der Waals surface area (Å²) in [6.45, 7) is 0. The van der Waals surface area contributed by atoms with Crippen molar-refractivity contribution >= 4 is 58.8 Å². The van der Waals surface area contributed by atoms with Gasteiger partial charge < -0.3 is 15.8 Å². The molecular weight excluding hydrogens is 385 g/mol. The van der Waals surface area contributed by atoms with E-state index < -0.39 is 11.8 Å². The van der Waals surface area contributed by atoms with E-state index in [1.165, 1.54) is 13.2 Å². The minimum atomic E-state index is -0.520. The Morgan fingerprint density at radius 3 is 2.24 bits per heavy atom. The van der Waals surface area contributed by atoms with Gasteiger partial charge in [-0.25, -0.2) is 0 Å². The van der Waals surface area contributed by atoms with E-state index in [2.05, 4.69) is 10.6 Å². The number of nitrogens with two attached hydrogens (primary N) is 1. The molecule has 0 aliphatic rings. The van der Waals surface area contributed by atoms with Crippen molar-refractivity contribution in [3.05, 3.63) is 58.6 Å². The third-order valence-electron chi connectivity index (χ3n) is 3.07. The highest BCUT2D eigenvalue weighted by Gasteiger charge is 2.11. The van der Waals surface area contributed by atoms with Crippen molar-refractivity contribution in [2.24, 2.45) is 5.73 Å². The van der Waals surface area contributed by atoms with Crippen molar-refractivity contribution in [2.45, 2.75) is 0 Å². The first-order valence-corrected chi connectivity index (χ1v) is 7.55. The van der Waals surface area contributed by atoms with Crippen molar-refractivity contribution in [3.8, 4) is 5.75 Å². The fourth-order valence-electron chi connectivity index (χ4n) is 1.86. The highest BCUT2D eigenvalue weighted by Crippen LogP contribution is 2.24. The summed E-state index contributed by atoms with van der Waals surface area (Å²) in [5, 5.41) is 5.81. The van der Waals surface area contributed by atoms with E-state index in [4.69, 9.17) is 34.3 Å². The standard InChI is InChI=1S/C16H14ClN3O3S.ClH/c1-23-13-7-4-10(8-12(13)17)15(22)20-16(24)19-11-5-2-9(3-6-11)14(18)21;/h2-8H,1H3,(H2,18,21)(H2,19,20,22,24);1H. The van der Waals surface area contributed by atoms with Crippen molar-refractivity contribution in [3.63, 3.8) is 0 Å². The number of amides is 2. The molecule has 0 unspecified atom stereocenters. The van der Waals surface area contributed by atoms with Crippen LogP contribution in [0.2, 0.25) is 5.02 Å². The summed E-state index contributed by atoms with van der Waals surface area (Å²) in [6, 6.07) is 11.0. The lowest BCUT2D eigenvalue weighted by atomic mass is 10.2. The Morgan fingerprint density at radius 2 is 1.72 bits per heavy atom. The van der Waals surface area contributed by atoms with Crippen molar-refractivity contribution in [1.82, 2.24) is 5.32 Å². The Hall–Kier alpha value is -2.35. The smallest absolute Gasteiger partial charge is 0.257 e. The molecule has 0 bridgehead atoms. The molecule has 0 atom stereocenters. The monoisotopic (exact) mass is 399 g/mol. The average molecular weight is 400 g/mol. The van der Waals surface area contributed by atoms with Crippen molar-refractivity contribution in [2.75, 3.05) is 12.4 Å². The van der Waals surface area contributed by atoms with Crippen LogP contribution in [0, 0.1) is 0 Å². The summed E-state index contributed by atoms with van der Waals surface area (Å²) < 4.78 is 5.03. The van der Waals surface area contributed by atoms with Crippen LogP contribution < -0.4 is 21.1 Å². The first-order valence-electron chi connectivity index (χ1n) is 6.76. The van der Waals surface area contributed by atoms with Gasteiger partial charge in [-0.15, -0.1) is 12.4 Å². The number of carbonyl (C=O) groups excluding carboxylic acids is 2. The summed E-state index contributed by atoms with van der Waals surface area (Å²) in [5.41, 5.74) is 6.50. The topological polar surface area (TPSA) is 93.4 Å². The molecule has 6 nitrogen and oxygen atoms in total. The summed E-state index contributed by atoms with van der Waals surface area (Å²) in [4.78, 5) is 23.2. The Labute approximate surface area is 161 Å². The number of benzene rings is 2. The Balaban J connectivity index is 0.00000312. The molecule has 2 aromatic rings. The minimum absolute atomic E-state index is 0. The van der Waals surface area contributed by atoms with E-state index >= 15 is 0 Å². The molecule has 25 heavy (non-hydrogen) atoms. The van der Waals surface area contributed by atoms with Crippen LogP contribution >= 0.6 is 36.2 Å². The van der Waals surface area contributed by atoms with Crippen LogP contribution in [-0.2, 0) is 0 Å². The van der Waals surface area contributed by atoms with Gasteiger partial charge >= 0.3 is 0 Å². The molecule has 0 saturated carbocycles. The average Bonchev–Trinajstić information content (AvgIpc) is 2.55. The van der Waals surface area contributed by atoms with E-state index in [0.717, 1.165) is 0 Å². The molecule has 0 fully saturated rings. The normalized spacial score (nSPS) is 9.52. The quantitative estimate of drug-likeness (QED) is 0.687. The van der Waals surface area contributed by atoms with Crippen LogP contribution in [-0.4, -0.2) is 24.0 Å². The highest BCUT2D eigenvalue weighted by molar-refractivity contribution is 7.80. The van der Waals surface area contributed by atoms with Gasteiger partial charge in [-0.3, -0.25) is 14.9 Å². The number of primary amides is 1. The predicted octanol–water partition coefficient (Wildman–Crippen LogP) is 3.00. The maximum Gasteiger partial charge on any atom is 0.257 e. The molecule has 4 N–H and O–H groups in total. The van der Waals surface area contributed by atoms with Crippen LogP contribution in [0.3, 0.4) is 0 Å². The Bertz CT molecular complexity index is 798. The van der Waals surface area contributed by atoms with Crippen LogP contribution in [0.4, 0.5) is 5.69 Å². The van der Waals surface area contributed by atoms with Gasteiger partial charge in [-0.05, 0) is 54.7 Å². The number of nitrogens with one attached hydrogen (secondary N) is 2. The van der Waals surface area contributed by atoms with Gasteiger partial charge in [0.15, 0.2) is 5.11 Å². The largest absolute Gasteiger partial charge is 0.495 e. The molecule has 0 radical (unpaired) electrons. The van der Waals surface area contributed by atoms with Crippen LogP contribution in [0.15, 0.2) is 42.5 Å². The molecule has 2 aromatic carbocycles. The van der Waals surface area contributed by atoms with E-state index in [-0.39, 0.29) is 17.5 Å². The summed E-state index contributed by atoms with van der Waals surface area (Å²) in [6.07, 6.45) is 0. The van der Waals surface area contributed by atoms with Gasteiger partial charge in [0.05, 0.1) is 12.1 Å². The molecule has 0 aliphatic carbocycles. The van der Waals surface area contributed by atoms with E-state index in [9.17, 15) is 9.59 Å². The fraction of sp³-hybridized carbons (Fsp3) is 0.0625. The molecule has 0 heterocycles. The number of carbonyl (C=O) groups is 2. The predicted molar refractivity (Wildman–Crippen MR) is 104 cm³/mol. The number of thiocarbonyl (C=S) groups is 1. The molecule has 0 aliphatic heterocycles. The molecule has 2 rings (SSSR count). The molecule has 132 valence electrons. The summed E-state index contributed by atoms with van der Waals surface area (Å²) >= 11 is 11.1. The summed E-state index contributed by atoms with van der Waals surface area (Å²) in [7, 11) is 1.49. The van der Waals surface area contributed by atoms with Crippen molar-refractivity contribution < 1.29 is 14.3 Å².